The van der Waals surface area contributed by atoms with E-state index < -0.39 is 0 Å². The number of nitrogens with one attached hydrogen (secondary N) is 2. The van der Waals surface area contributed by atoms with Crippen LogP contribution in [0.1, 0.15) is 37.7 Å². The van der Waals surface area contributed by atoms with Gasteiger partial charge in [-0.25, -0.2) is 4.98 Å². The number of hydrogen-bond acceptors (Lipinski definition) is 6. The minimum absolute atomic E-state index is 0.213. The molecule has 1 aromatic rings. The number of allylic oxidation sites excluding steroid dienone is 4. The van der Waals surface area contributed by atoms with Gasteiger partial charge in [-0.1, -0.05) is 24.3 Å². The Kier molecular flexibility index (Phi) is 7.81. The van der Waals surface area contributed by atoms with Crippen LogP contribution in [0.4, 0.5) is 0 Å². The van der Waals surface area contributed by atoms with Crippen LogP contribution in [0.15, 0.2) is 58.8 Å². The maximum atomic E-state index is 12.6. The SMILES string of the molecule is C=CC/C(=C\C=C/CNC(=O)C(/C=C(\C)c1cnc(C)n1C)=N/C)C1=NNCN1C1CC1. The number of carbonyl (C=O) groups excluding carboxylic acids is 1. The Morgan fingerprint density at radius 1 is 1.44 bits per heavy atom. The third kappa shape index (κ3) is 5.63. The molecule has 0 atom stereocenters. The topological polar surface area (TPSA) is 86.9 Å². The second-order valence-corrected chi connectivity index (χ2v) is 7.96. The molecule has 0 unspecified atom stereocenters. The summed E-state index contributed by atoms with van der Waals surface area (Å²) < 4.78 is 1.99. The van der Waals surface area contributed by atoms with E-state index in [-0.39, 0.29) is 5.91 Å². The molecule has 0 bridgehead atoms. The number of amidine groups is 1. The van der Waals surface area contributed by atoms with Crippen LogP contribution >= 0.6 is 0 Å². The lowest BCUT2D eigenvalue weighted by Crippen LogP contribution is -2.32. The number of rotatable bonds is 10. The van der Waals surface area contributed by atoms with Crippen molar-refractivity contribution in [1.29, 1.82) is 0 Å². The molecule has 3 rings (SSSR count). The quantitative estimate of drug-likeness (QED) is 0.336. The molecule has 1 fully saturated rings. The van der Waals surface area contributed by atoms with Crippen molar-refractivity contribution in [3.63, 3.8) is 0 Å². The van der Waals surface area contributed by atoms with Crippen molar-refractivity contribution in [2.75, 3.05) is 20.3 Å². The van der Waals surface area contributed by atoms with Gasteiger partial charge in [0.05, 0.1) is 11.9 Å². The van der Waals surface area contributed by atoms with Crippen molar-refractivity contribution in [3.05, 3.63) is 60.2 Å². The highest BCUT2D eigenvalue weighted by atomic mass is 16.1. The van der Waals surface area contributed by atoms with Crippen LogP contribution < -0.4 is 10.7 Å². The van der Waals surface area contributed by atoms with Crippen molar-refractivity contribution in [3.8, 4) is 0 Å². The first-order valence-corrected chi connectivity index (χ1v) is 10.9. The number of imidazole rings is 1. The van der Waals surface area contributed by atoms with Crippen LogP contribution in [0.3, 0.4) is 0 Å². The monoisotopic (exact) mass is 435 g/mol. The fraction of sp³-hybridized carbons (Fsp3) is 0.417. The standard InChI is InChI=1S/C24H33N7O/c1-6-9-19(23-29-28-16-31(23)20-11-12-20)10-7-8-13-26-24(32)21(25-4)14-17(2)22-15-27-18(3)30(22)5/h6-8,10,14-15,20,28H,1,9,11-13,16H2,2-5H3,(H,26,32)/b8-7-,17-14+,19-10+,25-21+. The van der Waals surface area contributed by atoms with E-state index in [9.17, 15) is 4.79 Å². The second kappa shape index (κ2) is 10.7. The Bertz CT molecular complexity index is 1010. The predicted molar refractivity (Wildman–Crippen MR) is 130 cm³/mol. The lowest BCUT2D eigenvalue weighted by atomic mass is 10.1. The molecule has 1 saturated carbocycles. The summed E-state index contributed by atoms with van der Waals surface area (Å²) in [5, 5.41) is 7.36. The molecule has 0 aromatic carbocycles. The van der Waals surface area contributed by atoms with E-state index in [0.717, 1.165) is 41.6 Å². The first-order chi connectivity index (χ1) is 15.5. The highest BCUT2D eigenvalue weighted by molar-refractivity contribution is 6.44. The smallest absolute Gasteiger partial charge is 0.269 e. The van der Waals surface area contributed by atoms with Gasteiger partial charge in [-0.3, -0.25) is 15.2 Å². The van der Waals surface area contributed by atoms with Gasteiger partial charge in [0.1, 0.15) is 18.2 Å². The molecule has 2 aliphatic rings. The number of amides is 1. The average Bonchev–Trinajstić information content (AvgIpc) is 3.42. The summed E-state index contributed by atoms with van der Waals surface area (Å²) in [6.07, 6.45) is 14.6. The zero-order valence-corrected chi connectivity index (χ0v) is 19.4. The number of carbonyl (C=O) groups is 1. The minimum atomic E-state index is -0.213. The van der Waals surface area contributed by atoms with E-state index in [1.54, 1.807) is 19.3 Å². The number of aliphatic imine (C=N–C) groups is 1. The lowest BCUT2D eigenvalue weighted by Gasteiger charge is -2.19. The Morgan fingerprint density at radius 3 is 2.84 bits per heavy atom. The first kappa shape index (κ1) is 23.2. The molecule has 8 heteroatoms. The maximum Gasteiger partial charge on any atom is 0.269 e. The van der Waals surface area contributed by atoms with Crippen LogP contribution in [0, 0.1) is 6.92 Å². The molecule has 1 aliphatic carbocycles. The normalized spacial score (nSPS) is 17.6. The summed E-state index contributed by atoms with van der Waals surface area (Å²) in [4.78, 5) is 23.3. The Hall–Kier alpha value is -3.42. The van der Waals surface area contributed by atoms with Crippen molar-refractivity contribution in [2.45, 2.75) is 39.2 Å². The molecule has 1 aliphatic heterocycles. The highest BCUT2D eigenvalue weighted by Gasteiger charge is 2.34. The Labute approximate surface area is 190 Å². The zero-order valence-electron chi connectivity index (χ0n) is 19.4. The Balaban J connectivity index is 1.58. The van der Waals surface area contributed by atoms with Crippen molar-refractivity contribution in [1.82, 2.24) is 25.2 Å². The summed E-state index contributed by atoms with van der Waals surface area (Å²) in [6, 6.07) is 0.596. The van der Waals surface area contributed by atoms with E-state index in [4.69, 9.17) is 0 Å². The summed E-state index contributed by atoms with van der Waals surface area (Å²) in [5.74, 6) is 1.70. The van der Waals surface area contributed by atoms with E-state index in [1.165, 1.54) is 12.8 Å². The van der Waals surface area contributed by atoms with Gasteiger partial charge in [0, 0.05) is 32.3 Å². The van der Waals surface area contributed by atoms with Crippen LogP contribution in [0.2, 0.25) is 0 Å². The van der Waals surface area contributed by atoms with Gasteiger partial charge in [0.2, 0.25) is 0 Å². The van der Waals surface area contributed by atoms with Crippen molar-refractivity contribution in [2.24, 2.45) is 17.1 Å². The van der Waals surface area contributed by atoms with Crippen molar-refractivity contribution >= 4 is 23.0 Å². The molecule has 8 nitrogen and oxygen atoms in total. The third-order valence-corrected chi connectivity index (χ3v) is 5.60. The van der Waals surface area contributed by atoms with E-state index in [1.807, 2.05) is 49.8 Å². The third-order valence-electron chi connectivity index (χ3n) is 5.60. The first-order valence-electron chi connectivity index (χ1n) is 10.9. The number of aromatic nitrogens is 2. The number of aryl methyl sites for hydroxylation is 1. The van der Waals surface area contributed by atoms with Gasteiger partial charge in [-0.05, 0) is 44.8 Å². The molecule has 1 aromatic heterocycles. The van der Waals surface area contributed by atoms with Crippen LogP contribution in [-0.2, 0) is 11.8 Å². The molecule has 0 saturated heterocycles. The fourth-order valence-electron chi connectivity index (χ4n) is 3.53. The zero-order chi connectivity index (χ0) is 23.1. The molecular formula is C24H33N7O. The minimum Gasteiger partial charge on any atom is -0.347 e. The molecule has 32 heavy (non-hydrogen) atoms. The summed E-state index contributed by atoms with van der Waals surface area (Å²) in [5.41, 5.74) is 6.47. The van der Waals surface area contributed by atoms with Crippen LogP contribution in [0.25, 0.3) is 5.57 Å². The maximum absolute atomic E-state index is 12.6. The summed E-state index contributed by atoms with van der Waals surface area (Å²) >= 11 is 0. The average molecular weight is 436 g/mol. The van der Waals surface area contributed by atoms with Gasteiger partial charge in [0.15, 0.2) is 5.84 Å². The highest BCUT2D eigenvalue weighted by Crippen LogP contribution is 2.30. The number of hydrogen-bond donors (Lipinski definition) is 2. The van der Waals surface area contributed by atoms with Gasteiger partial charge < -0.3 is 14.8 Å². The van der Waals surface area contributed by atoms with Crippen LogP contribution in [0.5, 0.6) is 0 Å². The molecule has 0 radical (unpaired) electrons. The van der Waals surface area contributed by atoms with E-state index >= 15 is 0 Å². The summed E-state index contributed by atoms with van der Waals surface area (Å²) in [6.45, 7) is 8.93. The molecule has 1 amide bonds. The van der Waals surface area contributed by atoms with Gasteiger partial charge >= 0.3 is 0 Å². The van der Waals surface area contributed by atoms with Gasteiger partial charge in [0.25, 0.3) is 5.91 Å². The van der Waals surface area contributed by atoms with E-state index in [0.29, 0.717) is 18.3 Å². The van der Waals surface area contributed by atoms with Gasteiger partial charge in [-0.15, -0.1) is 6.58 Å². The lowest BCUT2D eigenvalue weighted by molar-refractivity contribution is -0.114. The molecule has 2 heterocycles. The van der Waals surface area contributed by atoms with Crippen LogP contribution in [-0.4, -0.2) is 58.2 Å². The molecule has 2 N–H and O–H groups in total. The summed E-state index contributed by atoms with van der Waals surface area (Å²) in [7, 11) is 3.57. The number of nitrogens with zero attached hydrogens (tertiary/aromatic N) is 5. The Morgan fingerprint density at radius 2 is 2.22 bits per heavy atom. The van der Waals surface area contributed by atoms with Crippen molar-refractivity contribution < 1.29 is 4.79 Å². The molecular weight excluding hydrogens is 402 g/mol. The predicted octanol–water partition coefficient (Wildman–Crippen LogP) is 2.72. The number of hydrazone groups is 1. The molecule has 0 spiro atoms. The second-order valence-electron chi connectivity index (χ2n) is 7.96. The van der Waals surface area contributed by atoms with E-state index in [2.05, 4.69) is 37.3 Å². The largest absolute Gasteiger partial charge is 0.347 e. The fourth-order valence-corrected chi connectivity index (χ4v) is 3.53. The molecule has 170 valence electrons. The van der Waals surface area contributed by atoms with Gasteiger partial charge in [-0.2, -0.15) is 5.10 Å².